The number of aromatic nitrogens is 2. The highest BCUT2D eigenvalue weighted by molar-refractivity contribution is 5.88. The van der Waals surface area contributed by atoms with Gasteiger partial charge in [0.05, 0.1) is 74.6 Å². The number of esters is 1. The second kappa shape index (κ2) is 25.8. The van der Waals surface area contributed by atoms with Crippen LogP contribution in [0.25, 0.3) is 11.3 Å². The van der Waals surface area contributed by atoms with Crippen molar-refractivity contribution in [2.75, 3.05) is 52.0 Å². The number of amides is 2. The summed E-state index contributed by atoms with van der Waals surface area (Å²) in [6.07, 6.45) is -13.6. The van der Waals surface area contributed by atoms with Crippen LogP contribution in [0.1, 0.15) is 76.6 Å². The van der Waals surface area contributed by atoms with Crippen molar-refractivity contribution < 1.29 is 78.0 Å². The Morgan fingerprint density at radius 1 is 0.800 bits per heavy atom. The van der Waals surface area contributed by atoms with Crippen LogP contribution in [0.5, 0.6) is 0 Å². The number of piperazine rings is 1. The van der Waals surface area contributed by atoms with Crippen LogP contribution in [-0.4, -0.2) is 138 Å². The Kier molecular flexibility index (Phi) is 20.1. The predicted octanol–water partition coefficient (Wildman–Crippen LogP) is 8.35. The van der Waals surface area contributed by atoms with Gasteiger partial charge in [-0.25, -0.2) is 28.0 Å². The van der Waals surface area contributed by atoms with Gasteiger partial charge in [0, 0.05) is 73.1 Å². The van der Waals surface area contributed by atoms with Crippen molar-refractivity contribution in [3.63, 3.8) is 0 Å². The lowest BCUT2D eigenvalue weighted by Crippen LogP contribution is -2.63. The first kappa shape index (κ1) is 62.4. The Balaban J connectivity index is 1.32. The van der Waals surface area contributed by atoms with Crippen LogP contribution in [0.3, 0.4) is 0 Å². The molecule has 4 heterocycles. The fraction of sp³-hybridized carbons (Fsp3) is 0.500. The number of hydrogen-bond donors (Lipinski definition) is 3. The molecule has 0 aliphatic carbocycles. The Hall–Kier alpha value is -6.81. The minimum atomic E-state index is -5.14. The number of hydrogen-bond acceptors (Lipinski definition) is 13. The van der Waals surface area contributed by atoms with Gasteiger partial charge in [-0.1, -0.05) is 37.8 Å². The lowest BCUT2D eigenvalue weighted by atomic mass is 9.75. The minimum Gasteiger partial charge on any atom is -0.469 e. The molecule has 0 unspecified atom stereocenters. The average molecular weight is 1130 g/mol. The summed E-state index contributed by atoms with van der Waals surface area (Å²) in [6, 6.07) is 12.3. The van der Waals surface area contributed by atoms with E-state index in [9.17, 15) is 55.0 Å². The Bertz CT molecular complexity index is 2850. The standard InChI is InChI=1S/C56H64F9N7O8/c1-32-27-72(33(2)26-71(32)40-30-80-31-40)48-18-15-36(24-67-48)14-11-34-9-12-35(13-10-34)19-38(22-46(73)50(68-52(77)79-8)54(5,6)56(63,64)65)47(74)29-70(69-51(76)42(23-49(75)78-7)53(3,4)55(60,61)62)28-41-43(58)20-37(21-44(41)59)45-17-16-39(57)25-66-45/h9-10,12-13,15-18,20-21,24-25,32-33,38,40,42,47,50,74H,19,22-23,26-31H2,1-8H3,(H,68,77)(H,69,76)/t32-,33-,38-,42-,47+,50-/m1/s1. The van der Waals surface area contributed by atoms with E-state index in [1.807, 2.05) is 17.4 Å². The third-order valence-corrected chi connectivity index (χ3v) is 14.9. The Morgan fingerprint density at radius 3 is 1.96 bits per heavy atom. The molecule has 15 nitrogen and oxygen atoms in total. The molecule has 2 aromatic heterocycles. The van der Waals surface area contributed by atoms with E-state index in [-0.39, 0.29) is 29.8 Å². The molecule has 0 spiro atoms. The number of halogens is 9. The summed E-state index contributed by atoms with van der Waals surface area (Å²) >= 11 is 0. The number of ketones is 1. The number of aliphatic hydroxyl groups is 1. The van der Waals surface area contributed by atoms with Gasteiger partial charge >= 0.3 is 24.4 Å². The number of anilines is 1. The number of methoxy groups -OCH3 is 2. The summed E-state index contributed by atoms with van der Waals surface area (Å²) in [4.78, 5) is 66.4. The molecule has 434 valence electrons. The number of benzene rings is 2. The SMILES string of the molecule is COC(=O)C[C@H](C(=O)NN(Cc1c(F)cc(-c2ccc(F)cn2)cc1F)C[C@H](O)[C@@H](CC(=O)[C@@H](NC(=O)OC)C(C)(C)C(F)(F)F)Cc1ccc(C#Cc2ccc(N3C[C@@H](C)N(C4COC4)C[C@H]3C)nc2)cc1)C(C)(C)C(F)(F)F. The van der Waals surface area contributed by atoms with Crippen molar-refractivity contribution in [1.29, 1.82) is 0 Å². The van der Waals surface area contributed by atoms with Crippen LogP contribution in [0.4, 0.5) is 50.1 Å². The molecule has 0 bridgehead atoms. The van der Waals surface area contributed by atoms with Crippen molar-refractivity contribution in [2.45, 2.75) is 110 Å². The second-order valence-corrected chi connectivity index (χ2v) is 21.3. The summed E-state index contributed by atoms with van der Waals surface area (Å²) in [6.45, 7) is 7.93. The zero-order valence-electron chi connectivity index (χ0n) is 45.3. The first-order chi connectivity index (χ1) is 37.4. The molecule has 24 heteroatoms. The van der Waals surface area contributed by atoms with Gasteiger partial charge in [0.2, 0.25) is 5.91 Å². The normalized spacial score (nSPS) is 18.0. The number of hydrazine groups is 1. The van der Waals surface area contributed by atoms with Crippen molar-refractivity contribution in [1.82, 2.24) is 30.6 Å². The van der Waals surface area contributed by atoms with E-state index in [0.717, 1.165) is 76.8 Å². The number of ether oxygens (including phenoxy) is 3. The van der Waals surface area contributed by atoms with E-state index in [1.54, 1.807) is 30.5 Å². The fourth-order valence-corrected chi connectivity index (χ4v) is 9.44. The Labute approximate surface area is 457 Å². The topological polar surface area (TPSA) is 176 Å². The first-order valence-electron chi connectivity index (χ1n) is 25.5. The summed E-state index contributed by atoms with van der Waals surface area (Å²) in [7, 11) is 1.73. The predicted molar refractivity (Wildman–Crippen MR) is 274 cm³/mol. The van der Waals surface area contributed by atoms with E-state index in [1.165, 1.54) is 0 Å². The maximum Gasteiger partial charge on any atom is 0.407 e. The molecular formula is C56H64F9N7O8. The van der Waals surface area contributed by atoms with Gasteiger partial charge in [0.25, 0.3) is 0 Å². The van der Waals surface area contributed by atoms with Crippen LogP contribution in [-0.2, 0) is 41.6 Å². The molecule has 6 rings (SSSR count). The van der Waals surface area contributed by atoms with E-state index < -0.39 is 120 Å². The molecule has 4 aromatic rings. The minimum absolute atomic E-state index is 0.0649. The zero-order chi connectivity index (χ0) is 59.1. The molecule has 2 aliphatic heterocycles. The smallest absolute Gasteiger partial charge is 0.407 e. The number of pyridine rings is 2. The average Bonchev–Trinajstić information content (AvgIpc) is 3.51. The van der Waals surface area contributed by atoms with E-state index in [0.29, 0.717) is 55.4 Å². The number of rotatable bonds is 20. The number of carbonyl (C=O) groups is 4. The Morgan fingerprint density at radius 2 is 1.43 bits per heavy atom. The molecule has 2 amide bonds. The van der Waals surface area contributed by atoms with Crippen LogP contribution >= 0.6 is 0 Å². The van der Waals surface area contributed by atoms with Crippen LogP contribution in [0.2, 0.25) is 0 Å². The van der Waals surface area contributed by atoms with Crippen LogP contribution < -0.4 is 15.6 Å². The maximum absolute atomic E-state index is 16.1. The van der Waals surface area contributed by atoms with E-state index in [4.69, 9.17) is 4.74 Å². The molecule has 80 heavy (non-hydrogen) atoms. The van der Waals surface area contributed by atoms with Crippen molar-refractivity contribution >= 4 is 29.6 Å². The third-order valence-electron chi connectivity index (χ3n) is 14.9. The summed E-state index contributed by atoms with van der Waals surface area (Å²) in [5.74, 6) is -4.24. The first-order valence-corrected chi connectivity index (χ1v) is 25.5. The van der Waals surface area contributed by atoms with Crippen molar-refractivity contribution in [3.05, 3.63) is 113 Å². The van der Waals surface area contributed by atoms with Gasteiger partial charge in [0.15, 0.2) is 5.78 Å². The highest BCUT2D eigenvalue weighted by Gasteiger charge is 2.57. The van der Waals surface area contributed by atoms with Gasteiger partial charge in [-0.05, 0) is 94.1 Å². The number of alkyl halides is 6. The van der Waals surface area contributed by atoms with E-state index >= 15 is 8.78 Å². The van der Waals surface area contributed by atoms with Gasteiger partial charge in [0.1, 0.15) is 29.3 Å². The lowest BCUT2D eigenvalue weighted by molar-refractivity contribution is -0.231. The number of nitrogens with one attached hydrogen (secondary N) is 2. The quantitative estimate of drug-likeness (QED) is 0.0334. The van der Waals surface area contributed by atoms with Crippen LogP contribution in [0, 0.1) is 52.0 Å². The molecule has 0 radical (unpaired) electrons. The van der Waals surface area contributed by atoms with Gasteiger partial charge in [-0.3, -0.25) is 29.7 Å². The lowest BCUT2D eigenvalue weighted by Gasteiger charge is -2.49. The maximum atomic E-state index is 16.1. The second-order valence-electron chi connectivity index (χ2n) is 21.3. The third kappa shape index (κ3) is 15.1. The molecule has 2 saturated heterocycles. The zero-order valence-corrected chi connectivity index (χ0v) is 45.3. The van der Waals surface area contributed by atoms with Gasteiger partial charge in [-0.15, -0.1) is 0 Å². The van der Waals surface area contributed by atoms with Crippen molar-refractivity contribution in [3.8, 4) is 23.1 Å². The summed E-state index contributed by atoms with van der Waals surface area (Å²) in [5, 5.41) is 14.7. The molecule has 2 aliphatic rings. The number of alkyl carbamates (subject to hydrolysis) is 1. The molecular weight excluding hydrogens is 1070 g/mol. The van der Waals surface area contributed by atoms with Crippen LogP contribution in [0.15, 0.2) is 73.1 Å². The van der Waals surface area contributed by atoms with E-state index in [2.05, 4.69) is 60.4 Å². The largest absolute Gasteiger partial charge is 0.469 e. The highest BCUT2D eigenvalue weighted by atomic mass is 19.4. The van der Waals surface area contributed by atoms with Gasteiger partial charge < -0.3 is 29.5 Å². The highest BCUT2D eigenvalue weighted by Crippen LogP contribution is 2.46. The monoisotopic (exact) mass is 1130 g/mol. The molecule has 6 atom stereocenters. The number of nitrogens with zero attached hydrogens (tertiary/aromatic N) is 5. The number of carbonyl (C=O) groups excluding carboxylic acids is 4. The summed E-state index contributed by atoms with van der Waals surface area (Å²) in [5.41, 5.74) is -3.38. The number of Topliss-reactive ketones (excluding diaryl/α,β-unsaturated/α-hetero) is 1. The summed E-state index contributed by atoms with van der Waals surface area (Å²) < 4.78 is 148. The van der Waals surface area contributed by atoms with Crippen molar-refractivity contribution in [2.24, 2.45) is 22.7 Å². The molecule has 2 fully saturated rings. The number of aliphatic hydroxyl groups excluding tert-OH is 1. The molecule has 2 aromatic carbocycles. The molecule has 0 saturated carbocycles. The molecule has 3 N–H and O–H groups in total. The van der Waals surface area contributed by atoms with Gasteiger partial charge in [-0.2, -0.15) is 26.3 Å². The fourth-order valence-electron chi connectivity index (χ4n) is 9.44.